The van der Waals surface area contributed by atoms with Crippen molar-refractivity contribution in [3.05, 3.63) is 54.5 Å². The Kier molecular flexibility index (Phi) is 2.72. The Morgan fingerprint density at radius 3 is 2.91 bits per heavy atom. The monoisotopic (exact) mass is 290 g/mol. The quantitative estimate of drug-likeness (QED) is 0.524. The van der Waals surface area contributed by atoms with Crippen LogP contribution in [0.25, 0.3) is 21.8 Å². The smallest absolute Gasteiger partial charge is 0.141 e. The minimum Gasteiger partial charge on any atom is -0.508 e. The average Bonchev–Trinajstić information content (AvgIpc) is 2.97. The van der Waals surface area contributed by atoms with Crippen LogP contribution in [0, 0.1) is 6.92 Å². The maximum Gasteiger partial charge on any atom is 0.141 e. The van der Waals surface area contributed by atoms with Crippen molar-refractivity contribution in [3.8, 4) is 5.75 Å². The minimum absolute atomic E-state index is 0.241. The third-order valence-corrected chi connectivity index (χ3v) is 3.77. The molecule has 0 aliphatic heterocycles. The highest BCUT2D eigenvalue weighted by Gasteiger charge is 2.08. The maximum absolute atomic E-state index is 9.81. The lowest BCUT2D eigenvalue weighted by Crippen LogP contribution is -1.96. The number of nitrogens with zero attached hydrogens (tertiary/aromatic N) is 2. The van der Waals surface area contributed by atoms with Crippen molar-refractivity contribution >= 4 is 33.3 Å². The summed E-state index contributed by atoms with van der Waals surface area (Å²) in [6, 6.07) is 11.7. The van der Waals surface area contributed by atoms with E-state index in [2.05, 4.69) is 26.3 Å². The fourth-order valence-electron chi connectivity index (χ4n) is 2.56. The van der Waals surface area contributed by atoms with Gasteiger partial charge in [0.15, 0.2) is 0 Å². The summed E-state index contributed by atoms with van der Waals surface area (Å²) in [7, 11) is 0. The first-order chi connectivity index (χ1) is 10.7. The molecule has 0 aliphatic rings. The Labute approximate surface area is 126 Å². The molecule has 108 valence electrons. The highest BCUT2D eigenvalue weighted by molar-refractivity contribution is 5.93. The lowest BCUT2D eigenvalue weighted by atomic mass is 10.1. The van der Waals surface area contributed by atoms with Crippen LogP contribution >= 0.6 is 0 Å². The molecule has 5 nitrogen and oxygen atoms in total. The molecule has 0 spiro atoms. The summed E-state index contributed by atoms with van der Waals surface area (Å²) in [6.45, 7) is 1.86. The molecule has 0 radical (unpaired) electrons. The van der Waals surface area contributed by atoms with Crippen molar-refractivity contribution in [2.24, 2.45) is 0 Å². The Hall–Kier alpha value is -3.08. The lowest BCUT2D eigenvalue weighted by molar-refractivity contribution is 0.472. The van der Waals surface area contributed by atoms with E-state index in [0.29, 0.717) is 5.52 Å². The SMILES string of the molecule is Cc1cc2c(Nc3ccc4cc[nH]c4c3)ncnc2cc1O. The van der Waals surface area contributed by atoms with Gasteiger partial charge in [-0.05, 0) is 42.1 Å². The van der Waals surface area contributed by atoms with Gasteiger partial charge in [-0.3, -0.25) is 0 Å². The van der Waals surface area contributed by atoms with Crippen LogP contribution in [0.15, 0.2) is 48.9 Å². The Balaban J connectivity index is 1.81. The fourth-order valence-corrected chi connectivity index (χ4v) is 2.56. The standard InChI is InChI=1S/C17H14N4O/c1-10-6-13-15(8-16(10)22)19-9-20-17(13)21-12-3-2-11-4-5-18-14(11)7-12/h2-9,18,22H,1H3,(H,19,20,21). The summed E-state index contributed by atoms with van der Waals surface area (Å²) >= 11 is 0. The normalized spacial score (nSPS) is 11.1. The number of aromatic amines is 1. The second-order valence-corrected chi connectivity index (χ2v) is 5.28. The molecule has 2 heterocycles. The summed E-state index contributed by atoms with van der Waals surface area (Å²) in [5.41, 5.74) is 3.52. The molecule has 0 unspecified atom stereocenters. The van der Waals surface area contributed by atoms with Crippen molar-refractivity contribution in [2.45, 2.75) is 6.92 Å². The van der Waals surface area contributed by atoms with Crippen LogP contribution in [0.1, 0.15) is 5.56 Å². The number of H-pyrrole nitrogens is 1. The molecular weight excluding hydrogens is 276 g/mol. The van der Waals surface area contributed by atoms with Crippen molar-refractivity contribution in [3.63, 3.8) is 0 Å². The van der Waals surface area contributed by atoms with Gasteiger partial charge >= 0.3 is 0 Å². The van der Waals surface area contributed by atoms with E-state index in [9.17, 15) is 5.11 Å². The average molecular weight is 290 g/mol. The molecule has 0 bridgehead atoms. The van der Waals surface area contributed by atoms with E-state index in [0.717, 1.165) is 28.0 Å². The summed E-state index contributed by atoms with van der Waals surface area (Å²) in [5, 5.41) is 15.2. The predicted molar refractivity (Wildman–Crippen MR) is 87.5 cm³/mol. The number of benzene rings is 2. The van der Waals surface area contributed by atoms with Gasteiger partial charge < -0.3 is 15.4 Å². The van der Waals surface area contributed by atoms with Crippen LogP contribution in [-0.2, 0) is 0 Å². The van der Waals surface area contributed by atoms with E-state index in [1.165, 1.54) is 11.7 Å². The third-order valence-electron chi connectivity index (χ3n) is 3.77. The Morgan fingerprint density at radius 1 is 1.09 bits per heavy atom. The molecule has 0 atom stereocenters. The highest BCUT2D eigenvalue weighted by atomic mass is 16.3. The number of aryl methyl sites for hydroxylation is 1. The van der Waals surface area contributed by atoms with Gasteiger partial charge in [0.05, 0.1) is 5.52 Å². The summed E-state index contributed by atoms with van der Waals surface area (Å²) in [5.74, 6) is 0.962. The van der Waals surface area contributed by atoms with Crippen molar-refractivity contribution < 1.29 is 5.11 Å². The molecule has 5 heteroatoms. The van der Waals surface area contributed by atoms with E-state index < -0.39 is 0 Å². The molecule has 22 heavy (non-hydrogen) atoms. The number of hydrogen-bond acceptors (Lipinski definition) is 4. The predicted octanol–water partition coefficient (Wildman–Crippen LogP) is 3.87. The highest BCUT2D eigenvalue weighted by Crippen LogP contribution is 2.29. The number of aromatic hydroxyl groups is 1. The molecule has 0 fully saturated rings. The topological polar surface area (TPSA) is 73.8 Å². The second-order valence-electron chi connectivity index (χ2n) is 5.28. The van der Waals surface area contributed by atoms with E-state index >= 15 is 0 Å². The van der Waals surface area contributed by atoms with E-state index in [-0.39, 0.29) is 5.75 Å². The molecule has 4 rings (SSSR count). The number of fused-ring (bicyclic) bond motifs is 2. The first-order valence-electron chi connectivity index (χ1n) is 6.99. The number of phenolic OH excluding ortho intramolecular Hbond substituents is 1. The zero-order valence-corrected chi connectivity index (χ0v) is 12.0. The molecule has 0 amide bonds. The molecule has 4 aromatic rings. The number of phenols is 1. The number of nitrogens with one attached hydrogen (secondary N) is 2. The number of rotatable bonds is 2. The summed E-state index contributed by atoms with van der Waals surface area (Å²) < 4.78 is 0. The Bertz CT molecular complexity index is 990. The van der Waals surface area contributed by atoms with E-state index in [1.807, 2.05) is 37.4 Å². The van der Waals surface area contributed by atoms with Gasteiger partial charge in [0.25, 0.3) is 0 Å². The van der Waals surface area contributed by atoms with Crippen LogP contribution in [0.4, 0.5) is 11.5 Å². The van der Waals surface area contributed by atoms with Crippen LogP contribution in [0.2, 0.25) is 0 Å². The van der Waals surface area contributed by atoms with Gasteiger partial charge in [0.1, 0.15) is 17.9 Å². The molecule has 2 aromatic heterocycles. The van der Waals surface area contributed by atoms with Gasteiger partial charge in [-0.1, -0.05) is 6.07 Å². The van der Waals surface area contributed by atoms with E-state index in [4.69, 9.17) is 0 Å². The first-order valence-corrected chi connectivity index (χ1v) is 6.99. The maximum atomic E-state index is 9.81. The van der Waals surface area contributed by atoms with Crippen LogP contribution in [0.3, 0.4) is 0 Å². The van der Waals surface area contributed by atoms with Crippen LogP contribution < -0.4 is 5.32 Å². The van der Waals surface area contributed by atoms with Gasteiger partial charge in [0, 0.05) is 28.9 Å². The molecule has 0 saturated carbocycles. The number of aromatic nitrogens is 3. The Morgan fingerprint density at radius 2 is 2.00 bits per heavy atom. The third kappa shape index (κ3) is 2.03. The number of hydrogen-bond donors (Lipinski definition) is 3. The van der Waals surface area contributed by atoms with Gasteiger partial charge in [-0.2, -0.15) is 0 Å². The second kappa shape index (κ2) is 4.73. The van der Waals surface area contributed by atoms with Crippen molar-refractivity contribution in [1.29, 1.82) is 0 Å². The largest absolute Gasteiger partial charge is 0.508 e. The summed E-state index contributed by atoms with van der Waals surface area (Å²) in [4.78, 5) is 11.7. The fraction of sp³-hybridized carbons (Fsp3) is 0.0588. The zero-order chi connectivity index (χ0) is 15.1. The molecule has 2 aromatic carbocycles. The number of anilines is 2. The van der Waals surface area contributed by atoms with Crippen LogP contribution in [0.5, 0.6) is 5.75 Å². The molecule has 0 saturated heterocycles. The van der Waals surface area contributed by atoms with Crippen molar-refractivity contribution in [1.82, 2.24) is 15.0 Å². The zero-order valence-electron chi connectivity index (χ0n) is 12.0. The minimum atomic E-state index is 0.241. The molecular formula is C17H14N4O. The van der Waals surface area contributed by atoms with Gasteiger partial charge in [0.2, 0.25) is 0 Å². The van der Waals surface area contributed by atoms with E-state index in [1.54, 1.807) is 6.07 Å². The van der Waals surface area contributed by atoms with Gasteiger partial charge in [-0.25, -0.2) is 9.97 Å². The van der Waals surface area contributed by atoms with Crippen LogP contribution in [-0.4, -0.2) is 20.1 Å². The summed E-state index contributed by atoms with van der Waals surface area (Å²) in [6.07, 6.45) is 3.41. The lowest BCUT2D eigenvalue weighted by Gasteiger charge is -2.10. The van der Waals surface area contributed by atoms with Gasteiger partial charge in [-0.15, -0.1) is 0 Å². The first kappa shape index (κ1) is 12.6. The van der Waals surface area contributed by atoms with Crippen molar-refractivity contribution in [2.75, 3.05) is 5.32 Å². The molecule has 3 N–H and O–H groups in total. The molecule has 0 aliphatic carbocycles.